The number of ether oxygens (including phenoxy) is 1. The number of nitrogens with zero attached hydrogens (tertiary/aromatic N) is 2. The monoisotopic (exact) mass is 264 g/mol. The van der Waals surface area contributed by atoms with E-state index in [2.05, 4.69) is 25.9 Å². The second-order valence-electron chi connectivity index (χ2n) is 2.98. The van der Waals surface area contributed by atoms with Gasteiger partial charge in [-0.05, 0) is 47.1 Å². The molecule has 0 saturated carbocycles. The van der Waals surface area contributed by atoms with E-state index < -0.39 is 0 Å². The molecule has 2 heterocycles. The van der Waals surface area contributed by atoms with Gasteiger partial charge in [-0.15, -0.1) is 0 Å². The van der Waals surface area contributed by atoms with Gasteiger partial charge in [0.2, 0.25) is 5.88 Å². The third-order valence-corrected chi connectivity index (χ3v) is 2.49. The van der Waals surface area contributed by atoms with Crippen LogP contribution in [0.4, 0.5) is 0 Å². The minimum absolute atomic E-state index is 0.550. The van der Waals surface area contributed by atoms with Crippen molar-refractivity contribution in [3.63, 3.8) is 0 Å². The van der Waals surface area contributed by atoms with E-state index in [1.807, 2.05) is 31.2 Å². The van der Waals surface area contributed by atoms with Crippen LogP contribution in [-0.2, 0) is 0 Å². The Hall–Kier alpha value is -1.42. The van der Waals surface area contributed by atoms with E-state index in [4.69, 9.17) is 4.74 Å². The third-order valence-electron chi connectivity index (χ3n) is 1.89. The van der Waals surface area contributed by atoms with Gasteiger partial charge in [-0.1, -0.05) is 0 Å². The predicted octanol–water partition coefficient (Wildman–Crippen LogP) is 3.34. The van der Waals surface area contributed by atoms with Crippen molar-refractivity contribution >= 4 is 15.9 Å². The average molecular weight is 265 g/mol. The van der Waals surface area contributed by atoms with Crippen molar-refractivity contribution in [3.8, 4) is 11.6 Å². The van der Waals surface area contributed by atoms with Gasteiger partial charge in [0.15, 0.2) is 5.75 Å². The first kappa shape index (κ1) is 10.1. The quantitative estimate of drug-likeness (QED) is 0.835. The standard InChI is InChI=1S/C11H9BrN2O/c1-8-10(5-3-6-13-8)15-11-9(12)4-2-7-14-11/h2-7H,1H3. The maximum Gasteiger partial charge on any atom is 0.233 e. The first-order valence-corrected chi connectivity index (χ1v) is 5.26. The number of pyridine rings is 2. The Morgan fingerprint density at radius 2 is 1.87 bits per heavy atom. The van der Waals surface area contributed by atoms with Crippen molar-refractivity contribution in [2.75, 3.05) is 0 Å². The topological polar surface area (TPSA) is 35.0 Å². The molecular formula is C11H9BrN2O. The summed E-state index contributed by atoms with van der Waals surface area (Å²) in [5.74, 6) is 1.27. The molecule has 0 unspecified atom stereocenters. The zero-order chi connectivity index (χ0) is 10.7. The Morgan fingerprint density at radius 3 is 2.60 bits per heavy atom. The Labute approximate surface area is 96.3 Å². The maximum atomic E-state index is 5.62. The van der Waals surface area contributed by atoms with E-state index >= 15 is 0 Å². The molecule has 0 N–H and O–H groups in total. The van der Waals surface area contributed by atoms with Crippen molar-refractivity contribution in [1.82, 2.24) is 9.97 Å². The van der Waals surface area contributed by atoms with Gasteiger partial charge in [-0.3, -0.25) is 4.98 Å². The van der Waals surface area contributed by atoms with Crippen molar-refractivity contribution in [2.45, 2.75) is 6.92 Å². The van der Waals surface area contributed by atoms with Crippen LogP contribution in [0.5, 0.6) is 11.6 Å². The molecule has 0 bridgehead atoms. The van der Waals surface area contributed by atoms with Crippen LogP contribution in [0.25, 0.3) is 0 Å². The number of halogens is 1. The first-order valence-electron chi connectivity index (χ1n) is 4.47. The molecule has 0 aliphatic heterocycles. The number of hydrogen-bond acceptors (Lipinski definition) is 3. The summed E-state index contributed by atoms with van der Waals surface area (Å²) in [6.45, 7) is 1.90. The summed E-state index contributed by atoms with van der Waals surface area (Å²) in [7, 11) is 0. The lowest BCUT2D eigenvalue weighted by Gasteiger charge is -2.07. The lowest BCUT2D eigenvalue weighted by atomic mass is 10.3. The lowest BCUT2D eigenvalue weighted by Crippen LogP contribution is -1.92. The average Bonchev–Trinajstić information content (AvgIpc) is 2.24. The molecule has 2 aromatic rings. The van der Waals surface area contributed by atoms with Gasteiger partial charge in [-0.25, -0.2) is 4.98 Å². The molecule has 2 rings (SSSR count). The highest BCUT2D eigenvalue weighted by Crippen LogP contribution is 2.27. The predicted molar refractivity (Wildman–Crippen MR) is 61.0 cm³/mol. The van der Waals surface area contributed by atoms with Gasteiger partial charge < -0.3 is 4.74 Å². The molecule has 0 aromatic carbocycles. The fourth-order valence-electron chi connectivity index (χ4n) is 1.13. The van der Waals surface area contributed by atoms with Crippen LogP contribution in [0.3, 0.4) is 0 Å². The SMILES string of the molecule is Cc1ncccc1Oc1ncccc1Br. The Kier molecular flexibility index (Phi) is 2.97. The summed E-state index contributed by atoms with van der Waals surface area (Å²) in [4.78, 5) is 8.25. The smallest absolute Gasteiger partial charge is 0.233 e. The Bertz CT molecular complexity index is 430. The van der Waals surface area contributed by atoms with Gasteiger partial charge in [0.1, 0.15) is 0 Å². The summed E-state index contributed by atoms with van der Waals surface area (Å²) in [5, 5.41) is 0. The van der Waals surface area contributed by atoms with E-state index in [0.717, 1.165) is 15.9 Å². The largest absolute Gasteiger partial charge is 0.436 e. The zero-order valence-corrected chi connectivity index (χ0v) is 9.73. The van der Waals surface area contributed by atoms with E-state index in [-0.39, 0.29) is 0 Å². The minimum Gasteiger partial charge on any atom is -0.436 e. The van der Waals surface area contributed by atoms with Crippen LogP contribution in [-0.4, -0.2) is 9.97 Å². The summed E-state index contributed by atoms with van der Waals surface area (Å²) in [6.07, 6.45) is 3.42. The fourth-order valence-corrected chi connectivity index (χ4v) is 1.46. The fraction of sp³-hybridized carbons (Fsp3) is 0.0909. The lowest BCUT2D eigenvalue weighted by molar-refractivity contribution is 0.453. The highest BCUT2D eigenvalue weighted by Gasteiger charge is 2.05. The third kappa shape index (κ3) is 2.33. The number of rotatable bonds is 2. The summed E-state index contributed by atoms with van der Waals surface area (Å²) < 4.78 is 6.45. The van der Waals surface area contributed by atoms with Crippen LogP contribution >= 0.6 is 15.9 Å². The van der Waals surface area contributed by atoms with Crippen molar-refractivity contribution < 1.29 is 4.74 Å². The van der Waals surface area contributed by atoms with E-state index in [0.29, 0.717) is 5.88 Å². The van der Waals surface area contributed by atoms with Gasteiger partial charge in [0, 0.05) is 12.4 Å². The molecule has 2 aromatic heterocycles. The second-order valence-corrected chi connectivity index (χ2v) is 3.83. The van der Waals surface area contributed by atoms with Crippen molar-refractivity contribution in [1.29, 1.82) is 0 Å². The van der Waals surface area contributed by atoms with Crippen molar-refractivity contribution in [3.05, 3.63) is 46.8 Å². The molecule has 0 aliphatic rings. The maximum absolute atomic E-state index is 5.62. The highest BCUT2D eigenvalue weighted by atomic mass is 79.9. The number of aromatic nitrogens is 2. The van der Waals surface area contributed by atoms with Gasteiger partial charge in [0.05, 0.1) is 10.2 Å². The van der Waals surface area contributed by atoms with Crippen molar-refractivity contribution in [2.24, 2.45) is 0 Å². The molecule has 76 valence electrons. The molecule has 3 nitrogen and oxygen atoms in total. The molecule has 0 radical (unpaired) electrons. The zero-order valence-electron chi connectivity index (χ0n) is 8.14. The van der Waals surface area contributed by atoms with E-state index in [9.17, 15) is 0 Å². The number of aryl methyl sites for hydroxylation is 1. The molecule has 4 heteroatoms. The summed E-state index contributed by atoms with van der Waals surface area (Å²) in [5.41, 5.74) is 0.843. The van der Waals surface area contributed by atoms with Crippen LogP contribution in [0.2, 0.25) is 0 Å². The molecule has 0 amide bonds. The van der Waals surface area contributed by atoms with Crippen LogP contribution in [0.15, 0.2) is 41.1 Å². The molecule has 0 saturated heterocycles. The summed E-state index contributed by atoms with van der Waals surface area (Å²) >= 11 is 3.37. The molecule has 0 spiro atoms. The van der Waals surface area contributed by atoms with Crippen LogP contribution in [0, 0.1) is 6.92 Å². The second kappa shape index (κ2) is 4.40. The Morgan fingerprint density at radius 1 is 1.13 bits per heavy atom. The van der Waals surface area contributed by atoms with Crippen LogP contribution in [0.1, 0.15) is 5.69 Å². The Balaban J connectivity index is 2.30. The van der Waals surface area contributed by atoms with E-state index in [1.165, 1.54) is 0 Å². The van der Waals surface area contributed by atoms with Gasteiger partial charge >= 0.3 is 0 Å². The minimum atomic E-state index is 0.550. The number of hydrogen-bond donors (Lipinski definition) is 0. The highest BCUT2D eigenvalue weighted by molar-refractivity contribution is 9.10. The molecule has 0 atom stereocenters. The van der Waals surface area contributed by atoms with Gasteiger partial charge in [0.25, 0.3) is 0 Å². The molecular weight excluding hydrogens is 256 g/mol. The molecule has 15 heavy (non-hydrogen) atoms. The first-order chi connectivity index (χ1) is 7.27. The molecule has 0 fully saturated rings. The van der Waals surface area contributed by atoms with Crippen LogP contribution < -0.4 is 4.74 Å². The van der Waals surface area contributed by atoms with E-state index in [1.54, 1.807) is 12.4 Å². The van der Waals surface area contributed by atoms with Gasteiger partial charge in [-0.2, -0.15) is 0 Å². The molecule has 0 aliphatic carbocycles. The normalized spacial score (nSPS) is 10.0. The summed E-state index contributed by atoms with van der Waals surface area (Å²) in [6, 6.07) is 7.42.